The molecule has 156 valence electrons. The summed E-state index contributed by atoms with van der Waals surface area (Å²) in [6.07, 6.45) is 7.00. The number of benzene rings is 1. The number of fused-ring (bicyclic) bond motifs is 1. The monoisotopic (exact) mass is 398 g/mol. The molecule has 2 aromatic rings. The largest absolute Gasteiger partial charge is 0.496 e. The van der Waals surface area contributed by atoms with Gasteiger partial charge in [-0.2, -0.15) is 0 Å². The van der Waals surface area contributed by atoms with Crippen molar-refractivity contribution in [3.8, 4) is 0 Å². The fourth-order valence-electron chi connectivity index (χ4n) is 3.45. The van der Waals surface area contributed by atoms with Gasteiger partial charge in [-0.15, -0.1) is 0 Å². The van der Waals surface area contributed by atoms with Gasteiger partial charge in [0.05, 0.1) is 31.1 Å². The lowest BCUT2D eigenvalue weighted by Gasteiger charge is -2.26. The van der Waals surface area contributed by atoms with Crippen LogP contribution < -0.4 is 0 Å². The summed E-state index contributed by atoms with van der Waals surface area (Å²) >= 11 is 0. The van der Waals surface area contributed by atoms with E-state index in [9.17, 15) is 9.90 Å². The molecule has 0 bridgehead atoms. The van der Waals surface area contributed by atoms with E-state index in [2.05, 4.69) is 30.9 Å². The van der Waals surface area contributed by atoms with Gasteiger partial charge < -0.3 is 19.1 Å². The molecular formula is C23H30N2O4. The van der Waals surface area contributed by atoms with E-state index in [0.717, 1.165) is 55.9 Å². The topological polar surface area (TPSA) is 63.9 Å². The van der Waals surface area contributed by atoms with Crippen LogP contribution in [-0.4, -0.2) is 60.0 Å². The Bertz CT molecular complexity index is 891. The minimum absolute atomic E-state index is 0.299. The number of carbonyl (C=O) groups is 1. The molecule has 1 N–H and O–H groups in total. The van der Waals surface area contributed by atoms with Gasteiger partial charge in [0, 0.05) is 37.8 Å². The Kier molecular flexibility index (Phi) is 7.49. The minimum Gasteiger partial charge on any atom is -0.496 e. The maximum Gasteiger partial charge on any atom is 0.335 e. The summed E-state index contributed by atoms with van der Waals surface area (Å²) in [4.78, 5) is 13.6. The zero-order valence-electron chi connectivity index (χ0n) is 17.3. The Morgan fingerprint density at radius 1 is 1.24 bits per heavy atom. The van der Waals surface area contributed by atoms with E-state index >= 15 is 0 Å². The first kappa shape index (κ1) is 21.1. The predicted octanol–water partition coefficient (Wildman–Crippen LogP) is 3.93. The lowest BCUT2D eigenvalue weighted by Crippen LogP contribution is -2.37. The highest BCUT2D eigenvalue weighted by Crippen LogP contribution is 2.18. The van der Waals surface area contributed by atoms with Gasteiger partial charge in [-0.1, -0.05) is 24.6 Å². The summed E-state index contributed by atoms with van der Waals surface area (Å²) in [5, 5.41) is 10.2. The van der Waals surface area contributed by atoms with Crippen LogP contribution in [0.3, 0.4) is 0 Å². The highest BCUT2D eigenvalue weighted by molar-refractivity contribution is 5.93. The highest BCUT2D eigenvalue weighted by Gasteiger charge is 2.10. The van der Waals surface area contributed by atoms with Gasteiger partial charge in [-0.25, -0.2) is 4.79 Å². The Morgan fingerprint density at radius 3 is 2.76 bits per heavy atom. The van der Waals surface area contributed by atoms with Crippen molar-refractivity contribution in [1.29, 1.82) is 0 Å². The molecule has 0 unspecified atom stereocenters. The van der Waals surface area contributed by atoms with E-state index in [1.165, 1.54) is 5.57 Å². The van der Waals surface area contributed by atoms with Crippen molar-refractivity contribution in [2.45, 2.75) is 26.8 Å². The lowest BCUT2D eigenvalue weighted by molar-refractivity contribution is 0.0423. The summed E-state index contributed by atoms with van der Waals surface area (Å²) in [6.45, 7) is 9.99. The van der Waals surface area contributed by atoms with Gasteiger partial charge in [0.15, 0.2) is 0 Å². The maximum absolute atomic E-state index is 11.2. The fraction of sp³-hybridized carbons (Fsp3) is 0.435. The normalized spacial score (nSPS) is 16.3. The number of ether oxygens (including phenoxy) is 2. The SMILES string of the molecule is CC/C(=C\C=C(/C)CN1CCOCC1)OCCn1ccc2ccc(C(=O)O)cc21. The molecule has 0 amide bonds. The third-order valence-electron chi connectivity index (χ3n) is 5.12. The van der Waals surface area contributed by atoms with E-state index in [1.807, 2.05) is 22.9 Å². The lowest BCUT2D eigenvalue weighted by atomic mass is 10.2. The molecule has 1 saturated heterocycles. The number of rotatable bonds is 9. The molecule has 0 spiro atoms. The van der Waals surface area contributed by atoms with Crippen LogP contribution >= 0.6 is 0 Å². The van der Waals surface area contributed by atoms with Crippen molar-refractivity contribution in [3.05, 3.63) is 59.5 Å². The van der Waals surface area contributed by atoms with Crippen molar-refractivity contribution < 1.29 is 19.4 Å². The van der Waals surface area contributed by atoms with E-state index in [0.29, 0.717) is 18.7 Å². The van der Waals surface area contributed by atoms with E-state index in [4.69, 9.17) is 9.47 Å². The second-order valence-electron chi connectivity index (χ2n) is 7.32. The summed E-state index contributed by atoms with van der Waals surface area (Å²) in [5.41, 5.74) is 2.52. The van der Waals surface area contributed by atoms with Crippen molar-refractivity contribution in [2.75, 3.05) is 39.5 Å². The number of carboxylic acids is 1. The second-order valence-corrected chi connectivity index (χ2v) is 7.32. The minimum atomic E-state index is -0.911. The van der Waals surface area contributed by atoms with Crippen molar-refractivity contribution in [3.63, 3.8) is 0 Å². The number of aromatic carboxylic acids is 1. The third-order valence-corrected chi connectivity index (χ3v) is 5.12. The fourth-order valence-corrected chi connectivity index (χ4v) is 3.45. The highest BCUT2D eigenvalue weighted by atomic mass is 16.5. The van der Waals surface area contributed by atoms with Crippen LogP contribution in [0.2, 0.25) is 0 Å². The zero-order valence-corrected chi connectivity index (χ0v) is 17.3. The average molecular weight is 399 g/mol. The summed E-state index contributed by atoms with van der Waals surface area (Å²) in [5.74, 6) is 0.0420. The second kappa shape index (κ2) is 10.3. The van der Waals surface area contributed by atoms with Crippen molar-refractivity contribution in [1.82, 2.24) is 9.47 Å². The molecule has 1 aromatic heterocycles. The van der Waals surface area contributed by atoms with Crippen LogP contribution in [-0.2, 0) is 16.0 Å². The first-order valence-corrected chi connectivity index (χ1v) is 10.2. The first-order valence-electron chi connectivity index (χ1n) is 10.2. The van der Waals surface area contributed by atoms with Crippen LogP contribution in [0, 0.1) is 0 Å². The van der Waals surface area contributed by atoms with Crippen molar-refractivity contribution >= 4 is 16.9 Å². The van der Waals surface area contributed by atoms with Gasteiger partial charge in [0.25, 0.3) is 0 Å². The van der Waals surface area contributed by atoms with Crippen LogP contribution in [0.25, 0.3) is 10.9 Å². The molecule has 6 nitrogen and oxygen atoms in total. The number of allylic oxidation sites excluding steroid dienone is 3. The Morgan fingerprint density at radius 2 is 2.03 bits per heavy atom. The summed E-state index contributed by atoms with van der Waals surface area (Å²) < 4.78 is 13.4. The Balaban J connectivity index is 1.55. The molecule has 1 fully saturated rings. The Hall–Kier alpha value is -2.57. The molecule has 0 saturated carbocycles. The van der Waals surface area contributed by atoms with Gasteiger partial charge in [0.2, 0.25) is 0 Å². The molecule has 1 aliphatic rings. The van der Waals surface area contributed by atoms with Crippen LogP contribution in [0.4, 0.5) is 0 Å². The summed E-state index contributed by atoms with van der Waals surface area (Å²) in [7, 11) is 0. The number of carboxylic acid groups (broad SMARTS) is 1. The molecule has 1 aromatic carbocycles. The van der Waals surface area contributed by atoms with Gasteiger partial charge in [0.1, 0.15) is 6.61 Å². The number of aromatic nitrogens is 1. The third kappa shape index (κ3) is 5.95. The van der Waals surface area contributed by atoms with E-state index < -0.39 is 5.97 Å². The average Bonchev–Trinajstić information content (AvgIpc) is 3.13. The van der Waals surface area contributed by atoms with E-state index in [1.54, 1.807) is 12.1 Å². The van der Waals surface area contributed by atoms with Crippen LogP contribution in [0.15, 0.2) is 53.9 Å². The number of nitrogens with zero attached hydrogens (tertiary/aromatic N) is 2. The Labute approximate surface area is 172 Å². The summed E-state index contributed by atoms with van der Waals surface area (Å²) in [6, 6.07) is 7.19. The number of hydrogen-bond donors (Lipinski definition) is 1. The quantitative estimate of drug-likeness (QED) is 0.512. The standard InChI is InChI=1S/C23H30N2O4/c1-3-21(7-4-18(2)17-24-10-13-28-14-11-24)29-15-12-25-9-8-19-5-6-20(23(26)27)16-22(19)25/h4-9,16H,3,10-15,17H2,1-2H3,(H,26,27)/b18-4+,21-7+. The molecule has 2 heterocycles. The van der Waals surface area contributed by atoms with E-state index in [-0.39, 0.29) is 0 Å². The molecule has 0 radical (unpaired) electrons. The van der Waals surface area contributed by atoms with Crippen LogP contribution in [0.1, 0.15) is 30.6 Å². The number of morpholine rings is 1. The van der Waals surface area contributed by atoms with Gasteiger partial charge in [-0.05, 0) is 36.6 Å². The molecule has 0 atom stereocenters. The van der Waals surface area contributed by atoms with Crippen LogP contribution in [0.5, 0.6) is 0 Å². The number of hydrogen-bond acceptors (Lipinski definition) is 4. The predicted molar refractivity (Wildman–Crippen MR) is 114 cm³/mol. The molecule has 1 aliphatic heterocycles. The van der Waals surface area contributed by atoms with Gasteiger partial charge in [-0.3, -0.25) is 4.90 Å². The molecular weight excluding hydrogens is 368 g/mol. The first-order chi connectivity index (χ1) is 14.1. The maximum atomic E-state index is 11.2. The molecule has 3 rings (SSSR count). The molecule has 0 aliphatic carbocycles. The zero-order chi connectivity index (χ0) is 20.6. The van der Waals surface area contributed by atoms with Crippen molar-refractivity contribution in [2.24, 2.45) is 0 Å². The molecule has 29 heavy (non-hydrogen) atoms. The molecule has 6 heteroatoms. The smallest absolute Gasteiger partial charge is 0.335 e. The van der Waals surface area contributed by atoms with Gasteiger partial charge >= 0.3 is 5.97 Å².